The van der Waals surface area contributed by atoms with E-state index < -0.39 is 5.97 Å². The molecule has 0 bridgehead atoms. The summed E-state index contributed by atoms with van der Waals surface area (Å²) in [5.74, 6) is -0.689. The van der Waals surface area contributed by atoms with Crippen molar-refractivity contribution < 1.29 is 31.5 Å². The Balaban J connectivity index is 0. The molecule has 0 aromatic heterocycles. The van der Waals surface area contributed by atoms with Crippen LogP contribution in [0.4, 0.5) is 0 Å². The Labute approximate surface area is 146 Å². The molecule has 0 saturated carbocycles. The van der Waals surface area contributed by atoms with Gasteiger partial charge >= 0.3 is 5.97 Å². The molecule has 134 valence electrons. The van der Waals surface area contributed by atoms with Gasteiger partial charge in [0.15, 0.2) is 0 Å². The van der Waals surface area contributed by atoms with Crippen LogP contribution in [0.15, 0.2) is 12.2 Å². The van der Waals surface area contributed by atoms with Crippen molar-refractivity contribution in [2.45, 2.75) is 96.5 Å². The number of carboxylic acid groups (broad SMARTS) is 1. The Morgan fingerprint density at radius 1 is 0.955 bits per heavy atom. The van der Waals surface area contributed by atoms with E-state index in [1.54, 1.807) is 0 Å². The van der Waals surface area contributed by atoms with Crippen molar-refractivity contribution in [3.8, 4) is 0 Å². The molecule has 0 aliphatic heterocycles. The first-order valence-electron chi connectivity index (χ1n) is 8.71. The number of aliphatic carboxylic acids is 1. The van der Waals surface area contributed by atoms with Crippen LogP contribution in [0, 0.1) is 0 Å². The molecule has 3 nitrogen and oxygen atoms in total. The van der Waals surface area contributed by atoms with Crippen LogP contribution in [0.3, 0.4) is 0 Å². The van der Waals surface area contributed by atoms with Gasteiger partial charge in [-0.15, -0.1) is 0 Å². The summed E-state index contributed by atoms with van der Waals surface area (Å²) in [5.41, 5.74) is 0. The second kappa shape index (κ2) is 18.7. The van der Waals surface area contributed by atoms with E-state index in [1.807, 2.05) is 0 Å². The molecule has 0 radical (unpaired) electrons. The molecule has 0 aromatic rings. The second-order valence-electron chi connectivity index (χ2n) is 5.91. The molecule has 1 atom stereocenters. The first kappa shape index (κ1) is 23.9. The van der Waals surface area contributed by atoms with Gasteiger partial charge in [0.25, 0.3) is 0 Å². The molecule has 1 unspecified atom stereocenters. The fourth-order valence-electron chi connectivity index (χ4n) is 2.36. The molecule has 0 saturated heterocycles. The third-order valence-corrected chi connectivity index (χ3v) is 3.73. The topological polar surface area (TPSA) is 57.5 Å². The van der Waals surface area contributed by atoms with Crippen LogP contribution >= 0.6 is 0 Å². The smallest absolute Gasteiger partial charge is 0.303 e. The van der Waals surface area contributed by atoms with Crippen LogP contribution < -0.4 is 0 Å². The van der Waals surface area contributed by atoms with E-state index in [4.69, 9.17) is 5.11 Å². The summed E-state index contributed by atoms with van der Waals surface area (Å²) in [7, 11) is 0. The predicted octanol–water partition coefficient (Wildman–Crippen LogP) is 5.08. The van der Waals surface area contributed by atoms with Crippen molar-refractivity contribution in [3.63, 3.8) is 0 Å². The molecule has 0 spiro atoms. The van der Waals surface area contributed by atoms with Crippen LogP contribution in [0.5, 0.6) is 0 Å². The van der Waals surface area contributed by atoms with E-state index >= 15 is 0 Å². The summed E-state index contributed by atoms with van der Waals surface area (Å²) >= 11 is 0. The van der Waals surface area contributed by atoms with Crippen molar-refractivity contribution in [1.82, 2.24) is 0 Å². The number of aliphatic hydroxyl groups excluding tert-OH is 1. The number of hydrogen-bond donors (Lipinski definition) is 2. The summed E-state index contributed by atoms with van der Waals surface area (Å²) < 4.78 is 0. The van der Waals surface area contributed by atoms with E-state index in [-0.39, 0.29) is 22.6 Å². The monoisotopic (exact) mass is 356 g/mol. The van der Waals surface area contributed by atoms with Crippen LogP contribution in [0.1, 0.15) is 90.4 Å². The zero-order chi connectivity index (χ0) is 15.8. The van der Waals surface area contributed by atoms with Gasteiger partial charge in [0.05, 0.1) is 6.10 Å². The molecule has 0 aromatic carbocycles. The number of aliphatic hydroxyl groups is 1. The molecule has 2 N–H and O–H groups in total. The average molecular weight is 357 g/mol. The predicted molar refractivity (Wildman–Crippen MR) is 88.5 cm³/mol. The van der Waals surface area contributed by atoms with E-state index in [1.165, 1.54) is 25.7 Å². The number of allylic oxidation sites excluding steroid dienone is 1. The largest absolute Gasteiger partial charge is 0.481 e. The van der Waals surface area contributed by atoms with Gasteiger partial charge in [-0.3, -0.25) is 4.79 Å². The van der Waals surface area contributed by atoms with E-state index in [0.29, 0.717) is 6.42 Å². The van der Waals surface area contributed by atoms with Gasteiger partial charge < -0.3 is 10.2 Å². The first-order valence-corrected chi connectivity index (χ1v) is 8.71. The van der Waals surface area contributed by atoms with Crippen molar-refractivity contribution in [2.75, 3.05) is 0 Å². The zero-order valence-electron chi connectivity index (χ0n) is 14.0. The Morgan fingerprint density at radius 3 is 2.27 bits per heavy atom. The van der Waals surface area contributed by atoms with E-state index in [0.717, 1.165) is 51.4 Å². The van der Waals surface area contributed by atoms with Gasteiger partial charge in [-0.2, -0.15) is 0 Å². The van der Waals surface area contributed by atoms with Crippen molar-refractivity contribution in [2.24, 2.45) is 0 Å². The SMILES string of the molecule is CCCCCCC(O)C/C=C\CCCCCCCC(=O)O.[Ni]. The van der Waals surface area contributed by atoms with Crippen LogP contribution in [0.25, 0.3) is 0 Å². The molecule has 0 rings (SSSR count). The molecular formula is C18H34NiO3. The van der Waals surface area contributed by atoms with E-state index in [9.17, 15) is 9.90 Å². The summed E-state index contributed by atoms with van der Waals surface area (Å²) in [6.07, 6.45) is 17.4. The minimum Gasteiger partial charge on any atom is -0.481 e. The van der Waals surface area contributed by atoms with Crippen LogP contribution in [-0.2, 0) is 21.3 Å². The third kappa shape index (κ3) is 19.7. The van der Waals surface area contributed by atoms with Crippen LogP contribution in [0.2, 0.25) is 0 Å². The average Bonchev–Trinajstić information content (AvgIpc) is 2.45. The number of carbonyl (C=O) groups is 1. The van der Waals surface area contributed by atoms with Crippen LogP contribution in [-0.4, -0.2) is 22.3 Å². The Morgan fingerprint density at radius 2 is 1.59 bits per heavy atom. The van der Waals surface area contributed by atoms with Crippen molar-refractivity contribution in [3.05, 3.63) is 12.2 Å². The maximum atomic E-state index is 10.3. The molecule has 0 heterocycles. The Bertz CT molecular complexity index is 267. The minimum absolute atomic E-state index is 0. The second-order valence-corrected chi connectivity index (χ2v) is 5.91. The summed E-state index contributed by atoms with van der Waals surface area (Å²) in [5, 5.41) is 18.3. The Kier molecular flexibility index (Phi) is 20.3. The van der Waals surface area contributed by atoms with Gasteiger partial charge in [0, 0.05) is 22.9 Å². The van der Waals surface area contributed by atoms with Gasteiger partial charge in [-0.1, -0.05) is 64.0 Å². The van der Waals surface area contributed by atoms with Crippen molar-refractivity contribution in [1.29, 1.82) is 0 Å². The molecule has 0 aliphatic carbocycles. The first-order chi connectivity index (χ1) is 10.2. The molecule has 0 amide bonds. The van der Waals surface area contributed by atoms with Gasteiger partial charge in [-0.05, 0) is 32.1 Å². The molecule has 22 heavy (non-hydrogen) atoms. The molecule has 0 aliphatic rings. The molecule has 0 fully saturated rings. The third-order valence-electron chi connectivity index (χ3n) is 3.73. The number of carboxylic acids is 1. The molecular weight excluding hydrogens is 323 g/mol. The zero-order valence-corrected chi connectivity index (χ0v) is 15.0. The maximum absolute atomic E-state index is 10.3. The van der Waals surface area contributed by atoms with Gasteiger partial charge in [0.1, 0.15) is 0 Å². The number of rotatable bonds is 15. The van der Waals surface area contributed by atoms with E-state index in [2.05, 4.69) is 19.1 Å². The standard InChI is InChI=1S/C18H34O3.Ni/c1-2-3-4-11-14-17(19)15-12-9-7-5-6-8-10-13-16-18(20)21;/h9,12,17,19H,2-8,10-11,13-16H2,1H3,(H,20,21);/b12-9-;. The fraction of sp³-hybridized carbons (Fsp3) is 0.833. The number of hydrogen-bond acceptors (Lipinski definition) is 2. The summed E-state index contributed by atoms with van der Waals surface area (Å²) in [6, 6.07) is 0. The molecule has 4 heteroatoms. The fourth-order valence-corrected chi connectivity index (χ4v) is 2.36. The van der Waals surface area contributed by atoms with Crippen molar-refractivity contribution >= 4 is 5.97 Å². The maximum Gasteiger partial charge on any atom is 0.303 e. The quantitative estimate of drug-likeness (QED) is 0.244. The number of unbranched alkanes of at least 4 members (excludes halogenated alkanes) is 8. The van der Waals surface area contributed by atoms with Gasteiger partial charge in [0.2, 0.25) is 0 Å². The summed E-state index contributed by atoms with van der Waals surface area (Å²) in [6.45, 7) is 2.20. The minimum atomic E-state index is -0.689. The summed E-state index contributed by atoms with van der Waals surface area (Å²) in [4.78, 5) is 10.3. The van der Waals surface area contributed by atoms with Gasteiger partial charge in [-0.25, -0.2) is 0 Å². The Hall–Kier alpha value is -0.336. The normalized spacial score (nSPS) is 12.3.